The van der Waals surface area contributed by atoms with Gasteiger partial charge < -0.3 is 15.2 Å². The zero-order chi connectivity index (χ0) is 26.9. The predicted octanol–water partition coefficient (Wildman–Crippen LogP) is 4.26. The van der Waals surface area contributed by atoms with Gasteiger partial charge in [0.2, 0.25) is 11.8 Å². The van der Waals surface area contributed by atoms with Gasteiger partial charge in [-0.1, -0.05) is 32.0 Å². The second kappa shape index (κ2) is 9.95. The van der Waals surface area contributed by atoms with Crippen LogP contribution in [0.5, 0.6) is 0 Å². The second-order valence-electron chi connectivity index (χ2n) is 9.23. The molecule has 11 nitrogen and oxygen atoms in total. The number of hydrogen-bond acceptors (Lipinski definition) is 9. The summed E-state index contributed by atoms with van der Waals surface area (Å²) >= 11 is 0. The summed E-state index contributed by atoms with van der Waals surface area (Å²) in [5.41, 5.74) is -1.74. The maximum Gasteiger partial charge on any atom is 0.293 e. The van der Waals surface area contributed by atoms with E-state index >= 15 is 4.39 Å². The molecule has 0 spiro atoms. The van der Waals surface area contributed by atoms with Crippen molar-refractivity contribution in [1.29, 1.82) is 0 Å². The summed E-state index contributed by atoms with van der Waals surface area (Å²) < 4.78 is 50.2. The highest BCUT2D eigenvalue weighted by molar-refractivity contribution is 5.90. The Morgan fingerprint density at radius 2 is 1.89 bits per heavy atom. The number of halogens is 3. The zero-order valence-corrected chi connectivity index (χ0v) is 20.6. The van der Waals surface area contributed by atoms with E-state index in [9.17, 15) is 13.6 Å². The van der Waals surface area contributed by atoms with Crippen LogP contribution < -0.4 is 10.6 Å². The van der Waals surface area contributed by atoms with Crippen LogP contribution in [0.15, 0.2) is 35.2 Å². The van der Waals surface area contributed by atoms with Crippen LogP contribution in [0, 0.1) is 5.82 Å². The lowest BCUT2D eigenvalue weighted by molar-refractivity contribution is 0.0923. The molecule has 0 fully saturated rings. The summed E-state index contributed by atoms with van der Waals surface area (Å²) in [4.78, 5) is 28.7. The average molecular weight is 516 g/mol. The van der Waals surface area contributed by atoms with E-state index in [1.165, 1.54) is 19.1 Å². The van der Waals surface area contributed by atoms with Gasteiger partial charge in [-0.2, -0.15) is 15.1 Å². The summed E-state index contributed by atoms with van der Waals surface area (Å²) in [6.45, 7) is 6.93. The van der Waals surface area contributed by atoms with Gasteiger partial charge in [0.15, 0.2) is 11.6 Å². The number of alkyl halides is 2. The Morgan fingerprint density at radius 1 is 1.14 bits per heavy atom. The third kappa shape index (κ3) is 5.57. The molecule has 0 saturated heterocycles. The molecular formula is C23H24F3N9O2. The summed E-state index contributed by atoms with van der Waals surface area (Å²) in [7, 11) is 1.72. The van der Waals surface area contributed by atoms with E-state index in [1.807, 2.05) is 20.8 Å². The highest BCUT2D eigenvalue weighted by atomic mass is 19.3. The molecule has 37 heavy (non-hydrogen) atoms. The van der Waals surface area contributed by atoms with Gasteiger partial charge in [0.05, 0.1) is 17.2 Å². The molecule has 0 aliphatic rings. The van der Waals surface area contributed by atoms with Gasteiger partial charge in [-0.3, -0.25) is 9.48 Å². The molecule has 0 bridgehead atoms. The largest absolute Gasteiger partial charge is 0.343 e. The van der Waals surface area contributed by atoms with Gasteiger partial charge in [0.25, 0.3) is 18.2 Å². The number of aryl methyl sites for hydroxylation is 1. The van der Waals surface area contributed by atoms with Crippen LogP contribution in [0.4, 0.5) is 24.9 Å². The number of hydrogen-bond donors (Lipinski definition) is 2. The molecule has 0 unspecified atom stereocenters. The van der Waals surface area contributed by atoms with E-state index in [1.54, 1.807) is 24.0 Å². The summed E-state index contributed by atoms with van der Waals surface area (Å²) in [5, 5.41) is 13.1. The molecule has 1 atom stereocenters. The number of amides is 1. The van der Waals surface area contributed by atoms with E-state index < -0.39 is 35.2 Å². The lowest BCUT2D eigenvalue weighted by Crippen LogP contribution is -2.28. The lowest BCUT2D eigenvalue weighted by atomic mass is 9.97. The highest BCUT2D eigenvalue weighted by Crippen LogP contribution is 2.35. The van der Waals surface area contributed by atoms with E-state index in [2.05, 4.69) is 40.8 Å². The maximum atomic E-state index is 15.4. The Hall–Kier alpha value is -4.36. The fraction of sp³-hybridized carbons (Fsp3) is 0.348. The van der Waals surface area contributed by atoms with Gasteiger partial charge in [0, 0.05) is 24.7 Å². The molecule has 14 heteroatoms. The van der Waals surface area contributed by atoms with Crippen molar-refractivity contribution >= 4 is 17.7 Å². The summed E-state index contributed by atoms with van der Waals surface area (Å²) in [6, 6.07) is 3.22. The van der Waals surface area contributed by atoms with Crippen molar-refractivity contribution in [3.8, 4) is 11.4 Å². The Morgan fingerprint density at radius 3 is 2.51 bits per heavy atom. The lowest BCUT2D eigenvalue weighted by Gasteiger charge is -2.19. The average Bonchev–Trinajstić information content (AvgIpc) is 3.48. The first kappa shape index (κ1) is 25.7. The SMILES string of the molecule is C[C@@H](NC(=O)c1noc(C(C)(C)C)n1)c1ccc(-c2ncnc(Nc3ccn(C)n3)n2)c(F)c1C(F)F. The van der Waals surface area contributed by atoms with E-state index in [-0.39, 0.29) is 34.6 Å². The zero-order valence-electron chi connectivity index (χ0n) is 20.6. The molecule has 2 N–H and O–H groups in total. The molecule has 0 radical (unpaired) electrons. The third-order valence-electron chi connectivity index (χ3n) is 5.28. The number of benzene rings is 1. The fourth-order valence-corrected chi connectivity index (χ4v) is 3.42. The van der Waals surface area contributed by atoms with Crippen molar-refractivity contribution in [2.24, 2.45) is 7.05 Å². The number of aromatic nitrogens is 7. The fourth-order valence-electron chi connectivity index (χ4n) is 3.42. The molecule has 0 saturated carbocycles. The third-order valence-corrected chi connectivity index (χ3v) is 5.28. The van der Waals surface area contributed by atoms with Gasteiger partial charge in [0.1, 0.15) is 12.1 Å². The van der Waals surface area contributed by atoms with Gasteiger partial charge in [-0.15, -0.1) is 0 Å². The number of nitrogens with one attached hydrogen (secondary N) is 2. The highest BCUT2D eigenvalue weighted by Gasteiger charge is 2.28. The minimum absolute atomic E-state index is 0.0566. The first-order chi connectivity index (χ1) is 17.4. The van der Waals surface area contributed by atoms with Crippen LogP contribution in [0.25, 0.3) is 11.4 Å². The van der Waals surface area contributed by atoms with Crippen molar-refractivity contribution in [3.63, 3.8) is 0 Å². The first-order valence-corrected chi connectivity index (χ1v) is 11.2. The molecule has 1 aromatic carbocycles. The Kier molecular flexibility index (Phi) is 6.92. The van der Waals surface area contributed by atoms with E-state index in [4.69, 9.17) is 4.52 Å². The number of carbonyl (C=O) groups excluding carboxylic acids is 1. The molecule has 4 aromatic rings. The molecule has 4 rings (SSSR count). The standard InChI is InChI=1S/C23H24F3N9O2/c1-11(29-20(36)19-31-21(37-34-19)23(2,3)4)12-6-7-13(16(24)15(12)17(25)26)18-27-10-28-22(32-18)30-14-8-9-35(5)33-14/h6-11,17H,1-5H3,(H,29,36)(H,27,28,30,32,33)/t11-/m1/s1. The van der Waals surface area contributed by atoms with Crippen LogP contribution in [-0.2, 0) is 12.5 Å². The molecule has 3 aromatic heterocycles. The van der Waals surface area contributed by atoms with Crippen LogP contribution in [-0.4, -0.2) is 40.8 Å². The normalized spacial score (nSPS) is 12.6. The van der Waals surface area contributed by atoms with Gasteiger partial charge in [-0.25, -0.2) is 23.1 Å². The van der Waals surface area contributed by atoms with Crippen LogP contribution in [0.1, 0.15) is 67.8 Å². The molecular weight excluding hydrogens is 491 g/mol. The van der Waals surface area contributed by atoms with Crippen LogP contribution >= 0.6 is 0 Å². The Balaban J connectivity index is 1.61. The predicted molar refractivity (Wildman–Crippen MR) is 126 cm³/mol. The van der Waals surface area contributed by atoms with Gasteiger partial charge >= 0.3 is 0 Å². The summed E-state index contributed by atoms with van der Waals surface area (Å²) in [5.74, 6) is -1.64. The van der Waals surface area contributed by atoms with Crippen LogP contribution in [0.3, 0.4) is 0 Å². The quantitative estimate of drug-likeness (QED) is 0.370. The van der Waals surface area contributed by atoms with Gasteiger partial charge in [-0.05, 0) is 18.6 Å². The van der Waals surface area contributed by atoms with Crippen molar-refractivity contribution in [3.05, 3.63) is 59.4 Å². The second-order valence-corrected chi connectivity index (χ2v) is 9.23. The Bertz CT molecular complexity index is 1430. The number of rotatable bonds is 7. The van der Waals surface area contributed by atoms with E-state index in [0.717, 1.165) is 6.33 Å². The number of nitrogens with zero attached hydrogens (tertiary/aromatic N) is 7. The van der Waals surface area contributed by atoms with E-state index in [0.29, 0.717) is 5.82 Å². The topological polar surface area (TPSA) is 137 Å². The molecule has 0 aliphatic heterocycles. The maximum absolute atomic E-state index is 15.4. The summed E-state index contributed by atoms with van der Waals surface area (Å²) in [6.07, 6.45) is -0.359. The van der Waals surface area contributed by atoms with Crippen LogP contribution in [0.2, 0.25) is 0 Å². The van der Waals surface area contributed by atoms with Crippen molar-refractivity contribution in [2.75, 3.05) is 5.32 Å². The number of carbonyl (C=O) groups is 1. The molecule has 194 valence electrons. The minimum Gasteiger partial charge on any atom is -0.343 e. The monoisotopic (exact) mass is 515 g/mol. The Labute approximate surface area is 209 Å². The minimum atomic E-state index is -3.18. The molecule has 0 aliphatic carbocycles. The molecule has 3 heterocycles. The smallest absolute Gasteiger partial charge is 0.293 e. The number of anilines is 2. The first-order valence-electron chi connectivity index (χ1n) is 11.2. The van der Waals surface area contributed by atoms with Crippen molar-refractivity contribution in [1.82, 2.24) is 40.2 Å². The van der Waals surface area contributed by atoms with Crippen molar-refractivity contribution in [2.45, 2.75) is 45.6 Å². The molecule has 1 amide bonds. The van der Waals surface area contributed by atoms with Crippen molar-refractivity contribution < 1.29 is 22.5 Å².